The predicted molar refractivity (Wildman–Crippen MR) is 124 cm³/mol. The molecule has 1 fully saturated rings. The number of amides is 2. The fraction of sp³-hybridized carbons (Fsp3) is 0.391. The largest absolute Gasteiger partial charge is 0.465 e. The molecule has 1 aromatic heterocycles. The van der Waals surface area contributed by atoms with E-state index in [4.69, 9.17) is 4.74 Å². The van der Waals surface area contributed by atoms with Crippen molar-refractivity contribution in [3.63, 3.8) is 0 Å². The molecule has 2 N–H and O–H groups in total. The number of rotatable bonds is 6. The number of nitrogens with one attached hydrogen (secondary N) is 2. The van der Waals surface area contributed by atoms with E-state index in [2.05, 4.69) is 10.3 Å². The summed E-state index contributed by atoms with van der Waals surface area (Å²) in [6.45, 7) is 6.33. The van der Waals surface area contributed by atoms with Crippen molar-refractivity contribution < 1.29 is 23.9 Å². The van der Waals surface area contributed by atoms with Crippen molar-refractivity contribution in [3.8, 4) is 0 Å². The number of aromatic nitrogens is 1. The summed E-state index contributed by atoms with van der Waals surface area (Å²) in [6, 6.07) is 5.19. The van der Waals surface area contributed by atoms with Gasteiger partial charge in [-0.25, -0.2) is 4.79 Å². The molecule has 8 nitrogen and oxygen atoms in total. The monoisotopic (exact) mass is 457 g/mol. The van der Waals surface area contributed by atoms with Crippen molar-refractivity contribution in [1.29, 1.82) is 0 Å². The number of hydrogen-bond donors (Lipinski definition) is 2. The predicted octanol–water partition coefficient (Wildman–Crippen LogP) is 2.99. The lowest BCUT2D eigenvalue weighted by Crippen LogP contribution is -2.37. The molecule has 1 aliphatic rings. The molecule has 2 amide bonds. The number of esters is 1. The van der Waals surface area contributed by atoms with Gasteiger partial charge in [0.25, 0.3) is 5.91 Å². The summed E-state index contributed by atoms with van der Waals surface area (Å²) in [4.78, 5) is 54.2. The smallest absolute Gasteiger partial charge is 0.339 e. The van der Waals surface area contributed by atoms with Gasteiger partial charge in [-0.15, -0.1) is 0 Å². The van der Waals surface area contributed by atoms with Crippen LogP contribution in [0.4, 0.5) is 5.69 Å². The van der Waals surface area contributed by atoms with E-state index in [0.717, 1.165) is 30.2 Å². The number of anilines is 1. The highest BCUT2D eigenvalue weighted by molar-refractivity contribution is 7.99. The van der Waals surface area contributed by atoms with Crippen molar-refractivity contribution >= 4 is 41.0 Å². The number of carbonyl (C=O) groups is 4. The lowest BCUT2D eigenvalue weighted by atomic mass is 10.1. The topological polar surface area (TPSA) is 109 Å². The molecule has 3 rings (SSSR count). The van der Waals surface area contributed by atoms with E-state index in [1.807, 2.05) is 23.6 Å². The van der Waals surface area contributed by atoms with Crippen LogP contribution in [0.5, 0.6) is 0 Å². The molecule has 170 valence electrons. The van der Waals surface area contributed by atoms with Crippen LogP contribution < -0.4 is 5.32 Å². The van der Waals surface area contributed by atoms with Crippen LogP contribution in [0, 0.1) is 13.8 Å². The molecule has 1 saturated heterocycles. The Morgan fingerprint density at radius 3 is 2.44 bits per heavy atom. The molecule has 0 aliphatic carbocycles. The number of benzene rings is 1. The molecule has 2 aromatic rings. The van der Waals surface area contributed by atoms with Crippen molar-refractivity contribution in [3.05, 3.63) is 51.8 Å². The molecule has 1 aromatic carbocycles. The van der Waals surface area contributed by atoms with Crippen LogP contribution in [0.2, 0.25) is 0 Å². The zero-order valence-corrected chi connectivity index (χ0v) is 19.5. The molecule has 0 saturated carbocycles. The van der Waals surface area contributed by atoms with Gasteiger partial charge in [-0.3, -0.25) is 14.4 Å². The van der Waals surface area contributed by atoms with E-state index in [1.54, 1.807) is 25.1 Å². The number of H-pyrrole nitrogens is 1. The molecular weight excluding hydrogens is 430 g/mol. The SMILES string of the molecule is COC(=O)c1c(CC(=O)Nc2ccc(C(=O)N3CCSCC3)cc2C)[nH]c(C(C)=O)c1C. The van der Waals surface area contributed by atoms with E-state index >= 15 is 0 Å². The highest BCUT2D eigenvalue weighted by Crippen LogP contribution is 2.23. The average molecular weight is 458 g/mol. The first-order valence-electron chi connectivity index (χ1n) is 10.3. The molecule has 0 radical (unpaired) electrons. The number of methoxy groups -OCH3 is 1. The fourth-order valence-corrected chi connectivity index (χ4v) is 4.67. The number of hydrogen-bond acceptors (Lipinski definition) is 6. The Hall–Kier alpha value is -3.07. The molecule has 2 heterocycles. The highest BCUT2D eigenvalue weighted by atomic mass is 32.2. The van der Waals surface area contributed by atoms with Crippen LogP contribution >= 0.6 is 11.8 Å². The van der Waals surface area contributed by atoms with Crippen molar-refractivity contribution in [2.24, 2.45) is 0 Å². The average Bonchev–Trinajstić information content (AvgIpc) is 3.10. The Bertz CT molecular complexity index is 1070. The lowest BCUT2D eigenvalue weighted by molar-refractivity contribution is -0.115. The third kappa shape index (κ3) is 5.04. The molecule has 1 aliphatic heterocycles. The van der Waals surface area contributed by atoms with Crippen molar-refractivity contribution in [1.82, 2.24) is 9.88 Å². The van der Waals surface area contributed by atoms with Gasteiger partial charge in [-0.2, -0.15) is 11.8 Å². The molecule has 9 heteroatoms. The lowest BCUT2D eigenvalue weighted by Gasteiger charge is -2.26. The highest BCUT2D eigenvalue weighted by Gasteiger charge is 2.25. The van der Waals surface area contributed by atoms with Crippen molar-refractivity contribution in [2.45, 2.75) is 27.2 Å². The van der Waals surface area contributed by atoms with Gasteiger partial charge in [0.05, 0.1) is 24.8 Å². The zero-order chi connectivity index (χ0) is 23.4. The van der Waals surface area contributed by atoms with Gasteiger partial charge < -0.3 is 19.9 Å². The number of ketones is 1. The number of Topliss-reactive ketones (excluding diaryl/α,β-unsaturated/α-hetero) is 1. The maximum Gasteiger partial charge on any atom is 0.339 e. The maximum atomic E-state index is 12.7. The number of nitrogens with zero attached hydrogens (tertiary/aromatic N) is 1. The van der Waals surface area contributed by atoms with Crippen LogP contribution in [-0.2, 0) is 16.0 Å². The third-order valence-corrected chi connectivity index (χ3v) is 6.39. The number of carbonyl (C=O) groups excluding carboxylic acids is 4. The first-order chi connectivity index (χ1) is 15.2. The van der Waals surface area contributed by atoms with Gasteiger partial charge in [-0.05, 0) is 43.2 Å². The van der Waals surface area contributed by atoms with Gasteiger partial charge in [0.15, 0.2) is 5.78 Å². The molecule has 0 atom stereocenters. The fourth-order valence-electron chi connectivity index (χ4n) is 3.76. The Labute approximate surface area is 191 Å². The maximum absolute atomic E-state index is 12.7. The van der Waals surface area contributed by atoms with Gasteiger partial charge in [0, 0.05) is 48.5 Å². The normalized spacial score (nSPS) is 13.6. The minimum Gasteiger partial charge on any atom is -0.465 e. The zero-order valence-electron chi connectivity index (χ0n) is 18.7. The minimum absolute atomic E-state index is 0.00683. The van der Waals surface area contributed by atoms with E-state index in [-0.39, 0.29) is 35.3 Å². The number of aryl methyl sites for hydroxylation is 1. The van der Waals surface area contributed by atoms with Gasteiger partial charge in [0.1, 0.15) is 0 Å². The number of thioether (sulfide) groups is 1. The van der Waals surface area contributed by atoms with Gasteiger partial charge >= 0.3 is 5.97 Å². The Kier molecular flexibility index (Phi) is 7.40. The van der Waals surface area contributed by atoms with Crippen LogP contribution in [0.25, 0.3) is 0 Å². The van der Waals surface area contributed by atoms with E-state index in [1.165, 1.54) is 14.0 Å². The standard InChI is InChI=1S/C23H27N3O5S/c1-13-11-16(22(29)26-7-9-32-10-8-26)5-6-17(13)24-19(28)12-18-20(23(30)31-4)14(2)21(25-18)15(3)27/h5-6,11,25H,7-10,12H2,1-4H3,(H,24,28). The van der Waals surface area contributed by atoms with Crippen LogP contribution in [0.15, 0.2) is 18.2 Å². The summed E-state index contributed by atoms with van der Waals surface area (Å²) < 4.78 is 4.82. The molecule has 0 unspecified atom stereocenters. The summed E-state index contributed by atoms with van der Waals surface area (Å²) >= 11 is 1.84. The summed E-state index contributed by atoms with van der Waals surface area (Å²) in [6.07, 6.45) is -0.135. The number of ether oxygens (including phenoxy) is 1. The first-order valence-corrected chi connectivity index (χ1v) is 11.5. The van der Waals surface area contributed by atoms with Crippen LogP contribution in [-0.4, -0.2) is 65.2 Å². The first kappa shape index (κ1) is 23.6. The van der Waals surface area contributed by atoms with Gasteiger partial charge in [0.2, 0.25) is 5.91 Å². The van der Waals surface area contributed by atoms with Crippen LogP contribution in [0.1, 0.15) is 54.9 Å². The molecule has 0 spiro atoms. The summed E-state index contributed by atoms with van der Waals surface area (Å²) in [5.74, 6) is 0.674. The summed E-state index contributed by atoms with van der Waals surface area (Å²) in [5.41, 5.74) is 3.19. The van der Waals surface area contributed by atoms with E-state index in [0.29, 0.717) is 22.5 Å². The quantitative estimate of drug-likeness (QED) is 0.510. The molecular formula is C23H27N3O5S. The second kappa shape index (κ2) is 10.0. The van der Waals surface area contributed by atoms with Gasteiger partial charge in [-0.1, -0.05) is 0 Å². The second-order valence-corrected chi connectivity index (χ2v) is 8.91. The van der Waals surface area contributed by atoms with Crippen LogP contribution in [0.3, 0.4) is 0 Å². The Morgan fingerprint density at radius 1 is 1.16 bits per heavy atom. The third-order valence-electron chi connectivity index (χ3n) is 5.45. The molecule has 0 bridgehead atoms. The molecule has 32 heavy (non-hydrogen) atoms. The number of aromatic amines is 1. The minimum atomic E-state index is -0.607. The summed E-state index contributed by atoms with van der Waals surface area (Å²) in [7, 11) is 1.25. The van der Waals surface area contributed by atoms with E-state index < -0.39 is 5.97 Å². The summed E-state index contributed by atoms with van der Waals surface area (Å²) in [5, 5.41) is 2.82. The second-order valence-electron chi connectivity index (χ2n) is 7.69. The Morgan fingerprint density at radius 2 is 1.84 bits per heavy atom. The Balaban J connectivity index is 1.75. The van der Waals surface area contributed by atoms with E-state index in [9.17, 15) is 19.2 Å². The van der Waals surface area contributed by atoms with Crippen molar-refractivity contribution in [2.75, 3.05) is 37.0 Å².